The Bertz CT molecular complexity index is 1100. The van der Waals surface area contributed by atoms with E-state index in [0.29, 0.717) is 11.4 Å². The number of benzene rings is 2. The summed E-state index contributed by atoms with van der Waals surface area (Å²) in [5.41, 5.74) is 5.03. The van der Waals surface area contributed by atoms with Gasteiger partial charge in [-0.1, -0.05) is 6.07 Å². The van der Waals surface area contributed by atoms with Gasteiger partial charge in [0.25, 0.3) is 0 Å². The average molecular weight is 396 g/mol. The summed E-state index contributed by atoms with van der Waals surface area (Å²) in [6, 6.07) is 22.2. The largest absolute Gasteiger partial charge is 0.355 e. The van der Waals surface area contributed by atoms with Crippen molar-refractivity contribution in [3.05, 3.63) is 97.6 Å². The van der Waals surface area contributed by atoms with Crippen molar-refractivity contribution in [3.63, 3.8) is 0 Å². The summed E-state index contributed by atoms with van der Waals surface area (Å²) in [7, 11) is 0. The van der Waals surface area contributed by atoms with Gasteiger partial charge < -0.3 is 21.3 Å². The van der Waals surface area contributed by atoms with E-state index in [-0.39, 0.29) is 6.03 Å². The smallest absolute Gasteiger partial charge is 0.323 e. The first-order valence-electron chi connectivity index (χ1n) is 9.37. The van der Waals surface area contributed by atoms with Crippen LogP contribution >= 0.6 is 0 Å². The fourth-order valence-corrected chi connectivity index (χ4v) is 2.81. The molecule has 7 nitrogen and oxygen atoms in total. The van der Waals surface area contributed by atoms with Gasteiger partial charge in [0.1, 0.15) is 0 Å². The van der Waals surface area contributed by atoms with Crippen molar-refractivity contribution in [2.75, 3.05) is 21.3 Å². The predicted molar refractivity (Wildman–Crippen MR) is 121 cm³/mol. The van der Waals surface area contributed by atoms with Crippen LogP contribution in [0.15, 0.2) is 97.6 Å². The lowest BCUT2D eigenvalue weighted by atomic mass is 10.2. The molecule has 0 spiro atoms. The lowest BCUT2D eigenvalue weighted by Crippen LogP contribution is -2.19. The van der Waals surface area contributed by atoms with E-state index in [2.05, 4.69) is 31.2 Å². The molecular weight excluding hydrogens is 376 g/mol. The zero-order valence-corrected chi connectivity index (χ0v) is 16.0. The normalized spacial score (nSPS) is 10.1. The first-order valence-corrected chi connectivity index (χ1v) is 9.37. The Morgan fingerprint density at radius 3 is 1.63 bits per heavy atom. The van der Waals surface area contributed by atoms with E-state index in [1.54, 1.807) is 24.8 Å². The van der Waals surface area contributed by atoms with Gasteiger partial charge in [-0.15, -0.1) is 0 Å². The third-order valence-electron chi connectivity index (χ3n) is 4.20. The zero-order valence-electron chi connectivity index (χ0n) is 16.0. The number of anilines is 6. The van der Waals surface area contributed by atoms with E-state index >= 15 is 0 Å². The van der Waals surface area contributed by atoms with Gasteiger partial charge in [-0.3, -0.25) is 9.97 Å². The van der Waals surface area contributed by atoms with Gasteiger partial charge in [-0.25, -0.2) is 4.79 Å². The van der Waals surface area contributed by atoms with Crippen LogP contribution in [0.1, 0.15) is 0 Å². The van der Waals surface area contributed by atoms with Crippen LogP contribution in [0.5, 0.6) is 0 Å². The summed E-state index contributed by atoms with van der Waals surface area (Å²) >= 11 is 0. The lowest BCUT2D eigenvalue weighted by molar-refractivity contribution is 0.262. The van der Waals surface area contributed by atoms with Gasteiger partial charge in [0.05, 0.1) is 0 Å². The van der Waals surface area contributed by atoms with Gasteiger partial charge in [-0.2, -0.15) is 0 Å². The number of amides is 2. The molecule has 0 aliphatic heterocycles. The van der Waals surface area contributed by atoms with E-state index in [4.69, 9.17) is 0 Å². The van der Waals surface area contributed by atoms with Crippen LogP contribution in [0.3, 0.4) is 0 Å². The van der Waals surface area contributed by atoms with Crippen molar-refractivity contribution < 1.29 is 4.79 Å². The van der Waals surface area contributed by atoms with E-state index < -0.39 is 0 Å². The molecule has 0 saturated carbocycles. The van der Waals surface area contributed by atoms with Gasteiger partial charge in [0.2, 0.25) is 0 Å². The molecular formula is C23H20N6O. The van der Waals surface area contributed by atoms with E-state index in [1.807, 2.05) is 72.8 Å². The highest BCUT2D eigenvalue weighted by molar-refractivity contribution is 6.00. The number of nitrogens with one attached hydrogen (secondary N) is 4. The van der Waals surface area contributed by atoms with Crippen molar-refractivity contribution in [3.8, 4) is 0 Å². The first kappa shape index (κ1) is 18.9. The maximum atomic E-state index is 12.4. The molecule has 148 valence electrons. The van der Waals surface area contributed by atoms with Crippen molar-refractivity contribution in [2.45, 2.75) is 0 Å². The zero-order chi connectivity index (χ0) is 20.6. The number of nitrogens with zero attached hydrogens (tertiary/aromatic N) is 2. The molecule has 0 fully saturated rings. The third kappa shape index (κ3) is 5.32. The molecule has 2 amide bonds. The molecule has 0 unspecified atom stereocenters. The molecule has 0 bridgehead atoms. The highest BCUT2D eigenvalue weighted by Crippen LogP contribution is 2.21. The number of hydrogen-bond acceptors (Lipinski definition) is 5. The van der Waals surface area contributed by atoms with Gasteiger partial charge in [0.15, 0.2) is 0 Å². The van der Waals surface area contributed by atoms with Gasteiger partial charge in [0, 0.05) is 58.9 Å². The fraction of sp³-hybridized carbons (Fsp3) is 0. The van der Waals surface area contributed by atoms with E-state index in [1.165, 1.54) is 0 Å². The Hall–Kier alpha value is -4.39. The maximum absolute atomic E-state index is 12.4. The number of pyridine rings is 2. The highest BCUT2D eigenvalue weighted by Gasteiger charge is 2.04. The molecule has 4 rings (SSSR count). The van der Waals surface area contributed by atoms with Crippen LogP contribution < -0.4 is 21.3 Å². The lowest BCUT2D eigenvalue weighted by Gasteiger charge is -2.11. The molecule has 0 aliphatic carbocycles. The van der Waals surface area contributed by atoms with Gasteiger partial charge >= 0.3 is 6.03 Å². The number of urea groups is 1. The third-order valence-corrected chi connectivity index (χ3v) is 4.20. The molecule has 2 heterocycles. The summed E-state index contributed by atoms with van der Waals surface area (Å²) in [5.74, 6) is 0. The molecule has 2 aromatic carbocycles. The van der Waals surface area contributed by atoms with Crippen molar-refractivity contribution >= 4 is 40.2 Å². The monoisotopic (exact) mass is 396 g/mol. The van der Waals surface area contributed by atoms with E-state index in [0.717, 1.165) is 22.7 Å². The second-order valence-corrected chi connectivity index (χ2v) is 6.46. The van der Waals surface area contributed by atoms with Crippen molar-refractivity contribution in [1.29, 1.82) is 0 Å². The van der Waals surface area contributed by atoms with Crippen LogP contribution in [-0.2, 0) is 0 Å². The second-order valence-electron chi connectivity index (χ2n) is 6.46. The first-order chi connectivity index (χ1) is 14.7. The number of rotatable bonds is 6. The average Bonchev–Trinajstić information content (AvgIpc) is 2.77. The molecule has 4 aromatic rings. The number of aromatic nitrogens is 2. The summed E-state index contributed by atoms with van der Waals surface area (Å²) in [6.45, 7) is 0. The molecule has 4 N–H and O–H groups in total. The standard InChI is InChI=1S/C23H20N6O/c30-23(28-18-6-4-17(5-7-18)26-19-8-12-24-13-9-19)29-22-3-1-2-21(16-22)27-20-10-14-25-15-11-20/h1-16H,(H,24,26)(H,25,27)(H2,28,29,30). The Morgan fingerprint density at radius 1 is 0.533 bits per heavy atom. The summed E-state index contributed by atoms with van der Waals surface area (Å²) in [6.07, 6.45) is 6.89. The SMILES string of the molecule is O=C(Nc1ccc(Nc2ccncc2)cc1)Nc1cccc(Nc2ccncc2)c1. The van der Waals surface area contributed by atoms with Crippen LogP contribution in [0.4, 0.5) is 38.9 Å². The molecule has 0 saturated heterocycles. The van der Waals surface area contributed by atoms with Crippen LogP contribution in [0.25, 0.3) is 0 Å². The Morgan fingerprint density at radius 2 is 1.00 bits per heavy atom. The maximum Gasteiger partial charge on any atom is 0.323 e. The van der Waals surface area contributed by atoms with Crippen LogP contribution in [0.2, 0.25) is 0 Å². The molecule has 0 radical (unpaired) electrons. The molecule has 2 aromatic heterocycles. The number of carbonyl (C=O) groups excluding carboxylic acids is 1. The highest BCUT2D eigenvalue weighted by atomic mass is 16.2. The van der Waals surface area contributed by atoms with Crippen LogP contribution in [0, 0.1) is 0 Å². The Balaban J connectivity index is 1.34. The molecule has 0 atom stereocenters. The number of carbonyl (C=O) groups is 1. The Kier molecular flexibility index (Phi) is 5.81. The topological polar surface area (TPSA) is 91.0 Å². The van der Waals surface area contributed by atoms with E-state index in [9.17, 15) is 4.79 Å². The van der Waals surface area contributed by atoms with Crippen LogP contribution in [-0.4, -0.2) is 16.0 Å². The van der Waals surface area contributed by atoms with Crippen molar-refractivity contribution in [2.24, 2.45) is 0 Å². The van der Waals surface area contributed by atoms with Gasteiger partial charge in [-0.05, 0) is 66.7 Å². The minimum Gasteiger partial charge on any atom is -0.355 e. The summed E-state index contributed by atoms with van der Waals surface area (Å²) in [5, 5.41) is 12.2. The molecule has 0 aliphatic rings. The number of hydrogen-bond donors (Lipinski definition) is 4. The van der Waals surface area contributed by atoms with Crippen molar-refractivity contribution in [1.82, 2.24) is 9.97 Å². The summed E-state index contributed by atoms with van der Waals surface area (Å²) in [4.78, 5) is 20.3. The molecule has 30 heavy (non-hydrogen) atoms. The summed E-state index contributed by atoms with van der Waals surface area (Å²) < 4.78 is 0. The minimum atomic E-state index is -0.314. The second kappa shape index (κ2) is 9.20. The fourth-order valence-electron chi connectivity index (χ4n) is 2.81. The Labute approximate surface area is 174 Å². The quantitative estimate of drug-likeness (QED) is 0.340. The molecule has 7 heteroatoms. The minimum absolute atomic E-state index is 0.314. The predicted octanol–water partition coefficient (Wildman–Crippen LogP) is 5.61.